The molecular formula is C15H17NO4. The normalized spacial score (nSPS) is 9.40. The number of anilines is 1. The second kappa shape index (κ2) is 8.59. The lowest BCUT2D eigenvalue weighted by atomic mass is 10.2. The monoisotopic (exact) mass is 275 g/mol. The number of hydrogen-bond acceptors (Lipinski definition) is 5. The molecule has 0 bridgehead atoms. The molecule has 20 heavy (non-hydrogen) atoms. The highest BCUT2D eigenvalue weighted by Crippen LogP contribution is 2.10. The van der Waals surface area contributed by atoms with Gasteiger partial charge in [0.2, 0.25) is 0 Å². The van der Waals surface area contributed by atoms with Gasteiger partial charge in [-0.25, -0.2) is 4.79 Å². The van der Waals surface area contributed by atoms with Crippen LogP contribution in [0.2, 0.25) is 0 Å². The first-order valence-electron chi connectivity index (χ1n) is 6.27. The highest BCUT2D eigenvalue weighted by atomic mass is 16.5. The highest BCUT2D eigenvalue weighted by Gasteiger charge is 2.06. The number of nitrogens with one attached hydrogen (secondary N) is 1. The first-order valence-corrected chi connectivity index (χ1v) is 6.27. The van der Waals surface area contributed by atoms with Gasteiger partial charge in [-0.15, -0.1) is 6.42 Å². The topological polar surface area (TPSA) is 64.6 Å². The largest absolute Gasteiger partial charge is 0.466 e. The van der Waals surface area contributed by atoms with Crippen LogP contribution in [0.1, 0.15) is 23.7 Å². The first kappa shape index (κ1) is 15.6. The van der Waals surface area contributed by atoms with Crippen LogP contribution in [0.5, 0.6) is 0 Å². The number of hydrogen-bond donors (Lipinski definition) is 1. The Balaban J connectivity index is 2.41. The van der Waals surface area contributed by atoms with Crippen LogP contribution in [0.15, 0.2) is 24.3 Å². The third kappa shape index (κ3) is 5.44. The standard InChI is InChI=1S/C15H17NO4/c1-3-11-20-15(18)12-5-7-13(8-6-12)16-10-9-14(17)19-4-2/h1,5-8,16H,4,9-11H2,2H3. The summed E-state index contributed by atoms with van der Waals surface area (Å²) in [4.78, 5) is 22.6. The number of benzene rings is 1. The third-order valence-corrected chi connectivity index (χ3v) is 2.37. The zero-order valence-electron chi connectivity index (χ0n) is 11.3. The second-order valence-electron chi connectivity index (χ2n) is 3.84. The van der Waals surface area contributed by atoms with Gasteiger partial charge < -0.3 is 14.8 Å². The van der Waals surface area contributed by atoms with Gasteiger partial charge in [0.05, 0.1) is 18.6 Å². The zero-order chi connectivity index (χ0) is 14.8. The van der Waals surface area contributed by atoms with Gasteiger partial charge in [-0.3, -0.25) is 4.79 Å². The van der Waals surface area contributed by atoms with Crippen molar-refractivity contribution in [1.29, 1.82) is 0 Å². The molecule has 1 rings (SSSR count). The summed E-state index contributed by atoms with van der Waals surface area (Å²) >= 11 is 0. The van der Waals surface area contributed by atoms with Crippen molar-refractivity contribution in [3.05, 3.63) is 29.8 Å². The van der Waals surface area contributed by atoms with Crippen LogP contribution in [-0.4, -0.2) is 31.7 Å². The van der Waals surface area contributed by atoms with Crippen molar-refractivity contribution >= 4 is 17.6 Å². The molecule has 1 aromatic carbocycles. The SMILES string of the molecule is C#CCOC(=O)c1ccc(NCCC(=O)OCC)cc1. The molecule has 0 amide bonds. The number of esters is 2. The van der Waals surface area contributed by atoms with E-state index in [1.165, 1.54) is 0 Å². The van der Waals surface area contributed by atoms with Crippen molar-refractivity contribution in [3.8, 4) is 12.3 Å². The van der Waals surface area contributed by atoms with Crippen LogP contribution < -0.4 is 5.32 Å². The molecule has 5 nitrogen and oxygen atoms in total. The maximum Gasteiger partial charge on any atom is 0.339 e. The molecule has 1 N–H and O–H groups in total. The maximum absolute atomic E-state index is 11.5. The Hall–Kier alpha value is -2.48. The van der Waals surface area contributed by atoms with Crippen molar-refractivity contribution in [2.45, 2.75) is 13.3 Å². The molecule has 5 heteroatoms. The van der Waals surface area contributed by atoms with Crippen molar-refractivity contribution in [2.75, 3.05) is 25.1 Å². The Morgan fingerprint density at radius 1 is 1.25 bits per heavy atom. The fourth-order valence-electron chi connectivity index (χ4n) is 1.46. The molecule has 106 valence electrons. The predicted octanol–water partition coefficient (Wildman–Crippen LogP) is 1.84. The minimum atomic E-state index is -0.457. The molecule has 0 aliphatic heterocycles. The van der Waals surface area contributed by atoms with E-state index in [4.69, 9.17) is 15.9 Å². The Kier molecular flexibility index (Phi) is 6.69. The van der Waals surface area contributed by atoms with Gasteiger partial charge in [0, 0.05) is 12.2 Å². The summed E-state index contributed by atoms with van der Waals surface area (Å²) < 4.78 is 9.61. The van der Waals surface area contributed by atoms with E-state index in [1.54, 1.807) is 31.2 Å². The fourth-order valence-corrected chi connectivity index (χ4v) is 1.46. The summed E-state index contributed by atoms with van der Waals surface area (Å²) in [6, 6.07) is 6.73. The molecule has 0 saturated carbocycles. The minimum absolute atomic E-state index is 0.0433. The molecular weight excluding hydrogens is 258 g/mol. The minimum Gasteiger partial charge on any atom is -0.466 e. The molecule has 0 fully saturated rings. The number of rotatable bonds is 7. The lowest BCUT2D eigenvalue weighted by Crippen LogP contribution is -2.11. The highest BCUT2D eigenvalue weighted by molar-refractivity contribution is 5.89. The van der Waals surface area contributed by atoms with Gasteiger partial charge in [-0.1, -0.05) is 5.92 Å². The van der Waals surface area contributed by atoms with Gasteiger partial charge in [0.1, 0.15) is 0 Å². The molecule has 0 radical (unpaired) electrons. The van der Waals surface area contributed by atoms with E-state index in [0.717, 1.165) is 5.69 Å². The average Bonchev–Trinajstić information content (AvgIpc) is 2.46. The van der Waals surface area contributed by atoms with E-state index in [9.17, 15) is 9.59 Å². The second-order valence-corrected chi connectivity index (χ2v) is 3.84. The number of terminal acetylenes is 1. The smallest absolute Gasteiger partial charge is 0.339 e. The molecule has 0 heterocycles. The molecule has 0 spiro atoms. The van der Waals surface area contributed by atoms with Crippen molar-refractivity contribution in [2.24, 2.45) is 0 Å². The van der Waals surface area contributed by atoms with E-state index >= 15 is 0 Å². The van der Waals surface area contributed by atoms with Crippen molar-refractivity contribution in [1.82, 2.24) is 0 Å². The summed E-state index contributed by atoms with van der Waals surface area (Å²) in [7, 11) is 0. The Morgan fingerprint density at radius 3 is 2.55 bits per heavy atom. The summed E-state index contributed by atoms with van der Waals surface area (Å²) in [5.41, 5.74) is 1.24. The van der Waals surface area contributed by atoms with Gasteiger partial charge in [0.25, 0.3) is 0 Å². The number of carbonyl (C=O) groups excluding carboxylic acids is 2. The van der Waals surface area contributed by atoms with Crippen molar-refractivity contribution < 1.29 is 19.1 Å². The quantitative estimate of drug-likeness (QED) is 0.607. The van der Waals surface area contributed by atoms with Crippen LogP contribution >= 0.6 is 0 Å². The summed E-state index contributed by atoms with van der Waals surface area (Å²) in [6.07, 6.45) is 5.30. The van der Waals surface area contributed by atoms with Crippen LogP contribution in [0.3, 0.4) is 0 Å². The van der Waals surface area contributed by atoms with Crippen LogP contribution in [0.25, 0.3) is 0 Å². The predicted molar refractivity (Wildman–Crippen MR) is 75.3 cm³/mol. The third-order valence-electron chi connectivity index (χ3n) is 2.37. The van der Waals surface area contributed by atoms with E-state index in [0.29, 0.717) is 25.1 Å². The molecule has 0 aromatic heterocycles. The lowest BCUT2D eigenvalue weighted by Gasteiger charge is -2.07. The lowest BCUT2D eigenvalue weighted by molar-refractivity contribution is -0.142. The molecule has 0 unspecified atom stereocenters. The van der Waals surface area contributed by atoms with Gasteiger partial charge >= 0.3 is 11.9 Å². The Morgan fingerprint density at radius 2 is 1.95 bits per heavy atom. The maximum atomic E-state index is 11.5. The van der Waals surface area contributed by atoms with Crippen molar-refractivity contribution in [3.63, 3.8) is 0 Å². The zero-order valence-corrected chi connectivity index (χ0v) is 11.3. The van der Waals surface area contributed by atoms with E-state index in [-0.39, 0.29) is 12.6 Å². The molecule has 0 aliphatic carbocycles. The van der Waals surface area contributed by atoms with Gasteiger partial charge in [-0.05, 0) is 31.2 Å². The van der Waals surface area contributed by atoms with Crippen LogP contribution in [-0.2, 0) is 14.3 Å². The summed E-state index contributed by atoms with van der Waals surface area (Å²) in [5, 5.41) is 3.06. The molecule has 0 saturated heterocycles. The first-order chi connectivity index (χ1) is 9.67. The van der Waals surface area contributed by atoms with Crippen LogP contribution in [0, 0.1) is 12.3 Å². The number of ether oxygens (including phenoxy) is 2. The van der Waals surface area contributed by atoms with E-state index in [1.807, 2.05) is 0 Å². The molecule has 0 aliphatic rings. The molecule has 0 atom stereocenters. The fraction of sp³-hybridized carbons (Fsp3) is 0.333. The summed E-state index contributed by atoms with van der Waals surface area (Å²) in [5.74, 6) is 1.53. The van der Waals surface area contributed by atoms with Gasteiger partial charge in [0.15, 0.2) is 6.61 Å². The number of carbonyl (C=O) groups is 2. The molecule has 1 aromatic rings. The van der Waals surface area contributed by atoms with Gasteiger partial charge in [-0.2, -0.15) is 0 Å². The van der Waals surface area contributed by atoms with E-state index in [2.05, 4.69) is 11.2 Å². The Bertz CT molecular complexity index is 488. The summed E-state index contributed by atoms with van der Waals surface area (Å²) in [6.45, 7) is 2.58. The van der Waals surface area contributed by atoms with E-state index < -0.39 is 5.97 Å². The Labute approximate surface area is 118 Å². The van der Waals surface area contributed by atoms with Crippen LogP contribution in [0.4, 0.5) is 5.69 Å². The average molecular weight is 275 g/mol.